The second-order valence-corrected chi connectivity index (χ2v) is 8.57. The zero-order valence-corrected chi connectivity index (χ0v) is 16.8. The van der Waals surface area contributed by atoms with Crippen molar-refractivity contribution in [2.45, 2.75) is 30.4 Å². The number of likely N-dealkylation sites (tertiary alicyclic amines) is 1. The molecule has 0 radical (unpaired) electrons. The van der Waals surface area contributed by atoms with Crippen LogP contribution in [-0.2, 0) is 21.4 Å². The van der Waals surface area contributed by atoms with Gasteiger partial charge in [-0.1, -0.05) is 18.2 Å². The molecule has 1 N–H and O–H groups in total. The van der Waals surface area contributed by atoms with Crippen LogP contribution in [0.15, 0.2) is 53.7 Å². The molecular formula is C19H24N4O5S. The fourth-order valence-electron chi connectivity index (χ4n) is 3.25. The molecule has 29 heavy (non-hydrogen) atoms. The highest BCUT2D eigenvalue weighted by Crippen LogP contribution is 2.22. The number of nitro benzene ring substituents is 1. The molecule has 1 aliphatic heterocycles. The summed E-state index contributed by atoms with van der Waals surface area (Å²) >= 11 is 0. The summed E-state index contributed by atoms with van der Waals surface area (Å²) < 4.78 is 33.2. The predicted molar refractivity (Wildman–Crippen MR) is 107 cm³/mol. The van der Waals surface area contributed by atoms with Gasteiger partial charge in [0.25, 0.3) is 5.69 Å². The van der Waals surface area contributed by atoms with Crippen LogP contribution in [-0.4, -0.2) is 55.5 Å². The maximum absolute atomic E-state index is 12.4. The van der Waals surface area contributed by atoms with Gasteiger partial charge in [-0.05, 0) is 30.5 Å². The molecule has 1 aliphatic rings. The first-order valence-electron chi connectivity index (χ1n) is 9.41. The van der Waals surface area contributed by atoms with E-state index in [9.17, 15) is 18.5 Å². The second-order valence-electron chi connectivity index (χ2n) is 6.84. The number of nitrogens with one attached hydrogen (secondary N) is 1. The standard InChI is InChI=1S/C19H24N4O5S/c24-23(25)18-5-1-2-6-19(18)29(26,27)21-10-13-22-11-7-17(8-12-22)28-15-16-4-3-9-20-14-16/h1-6,9,14,17,21H,7-8,10-13,15H2. The summed E-state index contributed by atoms with van der Waals surface area (Å²) in [6.45, 7) is 2.88. The van der Waals surface area contributed by atoms with E-state index in [0.717, 1.165) is 31.5 Å². The lowest BCUT2D eigenvalue weighted by Gasteiger charge is -2.31. The minimum atomic E-state index is -3.94. The normalized spacial score (nSPS) is 16.0. The molecule has 0 aliphatic carbocycles. The van der Waals surface area contributed by atoms with Gasteiger partial charge >= 0.3 is 0 Å². The number of hydrogen-bond donors (Lipinski definition) is 1. The lowest BCUT2D eigenvalue weighted by atomic mass is 10.1. The van der Waals surface area contributed by atoms with Crippen LogP contribution in [0.25, 0.3) is 0 Å². The van der Waals surface area contributed by atoms with E-state index in [1.165, 1.54) is 24.3 Å². The fraction of sp³-hybridized carbons (Fsp3) is 0.421. The Hall–Kier alpha value is -2.40. The molecule has 2 heterocycles. The van der Waals surface area contributed by atoms with E-state index >= 15 is 0 Å². The largest absolute Gasteiger partial charge is 0.373 e. The zero-order chi connectivity index (χ0) is 20.7. The molecule has 0 bridgehead atoms. The molecule has 1 aromatic carbocycles. The number of para-hydroxylation sites is 1. The number of aromatic nitrogens is 1. The van der Waals surface area contributed by atoms with Crippen molar-refractivity contribution in [2.24, 2.45) is 0 Å². The topological polar surface area (TPSA) is 115 Å². The summed E-state index contributed by atoms with van der Waals surface area (Å²) in [6.07, 6.45) is 5.44. The van der Waals surface area contributed by atoms with Gasteiger partial charge < -0.3 is 9.64 Å². The Morgan fingerprint density at radius 2 is 1.97 bits per heavy atom. The molecule has 0 saturated carbocycles. The molecule has 3 rings (SSSR count). The maximum Gasteiger partial charge on any atom is 0.289 e. The Kier molecular flexibility index (Phi) is 7.26. The van der Waals surface area contributed by atoms with Crippen LogP contribution >= 0.6 is 0 Å². The Balaban J connectivity index is 1.42. The van der Waals surface area contributed by atoms with Crippen LogP contribution in [0.5, 0.6) is 0 Å². The Labute approximate surface area is 169 Å². The molecule has 0 atom stereocenters. The Morgan fingerprint density at radius 1 is 1.21 bits per heavy atom. The van der Waals surface area contributed by atoms with Crippen molar-refractivity contribution >= 4 is 15.7 Å². The SMILES string of the molecule is O=[N+]([O-])c1ccccc1S(=O)(=O)NCCN1CCC(OCc2cccnc2)CC1. The van der Waals surface area contributed by atoms with Crippen molar-refractivity contribution in [2.75, 3.05) is 26.2 Å². The number of benzene rings is 1. The molecule has 1 saturated heterocycles. The van der Waals surface area contributed by atoms with Crippen LogP contribution in [0.3, 0.4) is 0 Å². The number of rotatable bonds is 9. The van der Waals surface area contributed by atoms with E-state index in [1.54, 1.807) is 12.4 Å². The first kappa shape index (κ1) is 21.3. The van der Waals surface area contributed by atoms with Crippen molar-refractivity contribution in [3.63, 3.8) is 0 Å². The molecule has 9 nitrogen and oxygen atoms in total. The van der Waals surface area contributed by atoms with Gasteiger partial charge in [-0.15, -0.1) is 0 Å². The summed E-state index contributed by atoms with van der Waals surface area (Å²) in [5, 5.41) is 11.1. The third kappa shape index (κ3) is 6.04. The van der Waals surface area contributed by atoms with Crippen LogP contribution in [0.4, 0.5) is 5.69 Å². The molecule has 1 fully saturated rings. The van der Waals surface area contributed by atoms with E-state index < -0.39 is 20.6 Å². The molecular weight excluding hydrogens is 396 g/mol. The van der Waals surface area contributed by atoms with Gasteiger partial charge in [0.2, 0.25) is 10.0 Å². The number of pyridine rings is 1. The van der Waals surface area contributed by atoms with Crippen molar-refractivity contribution < 1.29 is 18.1 Å². The lowest BCUT2D eigenvalue weighted by molar-refractivity contribution is -0.387. The van der Waals surface area contributed by atoms with E-state index in [-0.39, 0.29) is 17.5 Å². The summed E-state index contributed by atoms with van der Waals surface area (Å²) in [4.78, 5) is 16.3. The van der Waals surface area contributed by atoms with Crippen LogP contribution in [0.2, 0.25) is 0 Å². The molecule has 1 aromatic heterocycles. The van der Waals surface area contributed by atoms with Gasteiger partial charge in [0.05, 0.1) is 17.6 Å². The quantitative estimate of drug-likeness (QED) is 0.487. The smallest absolute Gasteiger partial charge is 0.289 e. The van der Waals surface area contributed by atoms with Gasteiger partial charge in [0, 0.05) is 44.6 Å². The monoisotopic (exact) mass is 420 g/mol. The van der Waals surface area contributed by atoms with E-state index in [2.05, 4.69) is 14.6 Å². The van der Waals surface area contributed by atoms with Crippen molar-refractivity contribution in [1.82, 2.24) is 14.6 Å². The Morgan fingerprint density at radius 3 is 2.66 bits per heavy atom. The molecule has 0 spiro atoms. The van der Waals surface area contributed by atoms with Crippen LogP contribution in [0, 0.1) is 10.1 Å². The van der Waals surface area contributed by atoms with Gasteiger partial charge in [-0.2, -0.15) is 0 Å². The van der Waals surface area contributed by atoms with Gasteiger partial charge in [0.1, 0.15) is 0 Å². The minimum absolute atomic E-state index is 0.176. The third-order valence-corrected chi connectivity index (χ3v) is 6.32. The van der Waals surface area contributed by atoms with Crippen molar-refractivity contribution in [3.05, 3.63) is 64.5 Å². The number of nitro groups is 1. The molecule has 0 unspecified atom stereocenters. The molecule has 156 valence electrons. The van der Waals surface area contributed by atoms with Crippen molar-refractivity contribution in [3.8, 4) is 0 Å². The number of sulfonamides is 1. The first-order valence-corrected chi connectivity index (χ1v) is 10.9. The first-order chi connectivity index (χ1) is 14.0. The highest BCUT2D eigenvalue weighted by molar-refractivity contribution is 7.89. The second kappa shape index (κ2) is 9.88. The number of ether oxygens (including phenoxy) is 1. The summed E-state index contributed by atoms with van der Waals surface area (Å²) in [5.74, 6) is 0. The average Bonchev–Trinajstić information content (AvgIpc) is 2.74. The molecule has 10 heteroatoms. The van der Waals surface area contributed by atoms with E-state index in [4.69, 9.17) is 4.74 Å². The van der Waals surface area contributed by atoms with Gasteiger partial charge in [0.15, 0.2) is 4.90 Å². The summed E-state index contributed by atoms with van der Waals surface area (Å²) in [5.41, 5.74) is 0.617. The average molecular weight is 420 g/mol. The van der Waals surface area contributed by atoms with E-state index in [0.29, 0.717) is 13.2 Å². The maximum atomic E-state index is 12.4. The summed E-state index contributed by atoms with van der Waals surface area (Å²) in [7, 11) is -3.94. The molecule has 2 aromatic rings. The van der Waals surface area contributed by atoms with Crippen molar-refractivity contribution in [1.29, 1.82) is 0 Å². The Bertz CT molecular complexity index is 915. The predicted octanol–water partition coefficient (Wildman–Crippen LogP) is 1.95. The number of hydrogen-bond acceptors (Lipinski definition) is 7. The van der Waals surface area contributed by atoms with Crippen LogP contribution in [0.1, 0.15) is 18.4 Å². The highest BCUT2D eigenvalue weighted by Gasteiger charge is 2.25. The fourth-order valence-corrected chi connectivity index (χ4v) is 4.44. The zero-order valence-electron chi connectivity index (χ0n) is 15.9. The van der Waals surface area contributed by atoms with E-state index in [1.807, 2.05) is 12.1 Å². The lowest BCUT2D eigenvalue weighted by Crippen LogP contribution is -2.41. The highest BCUT2D eigenvalue weighted by atomic mass is 32.2. The van der Waals surface area contributed by atoms with Crippen LogP contribution < -0.4 is 4.72 Å². The number of nitrogens with zero attached hydrogens (tertiary/aromatic N) is 3. The van der Waals surface area contributed by atoms with Gasteiger partial charge in [-0.3, -0.25) is 15.1 Å². The minimum Gasteiger partial charge on any atom is -0.373 e. The molecule has 0 amide bonds. The summed E-state index contributed by atoms with van der Waals surface area (Å²) in [6, 6.07) is 9.20. The van der Waals surface area contributed by atoms with Gasteiger partial charge in [-0.25, -0.2) is 13.1 Å². The third-order valence-electron chi connectivity index (χ3n) is 4.81. The number of piperidine rings is 1.